The third kappa shape index (κ3) is 4.08. The van der Waals surface area contributed by atoms with Gasteiger partial charge in [-0.2, -0.15) is 0 Å². The van der Waals surface area contributed by atoms with Gasteiger partial charge in [0.2, 0.25) is 5.91 Å². The summed E-state index contributed by atoms with van der Waals surface area (Å²) >= 11 is 0. The van der Waals surface area contributed by atoms with Crippen LogP contribution in [0.15, 0.2) is 52.2 Å². The molecule has 1 aromatic carbocycles. The summed E-state index contributed by atoms with van der Waals surface area (Å²) < 4.78 is 26.0. The van der Waals surface area contributed by atoms with E-state index in [1.165, 1.54) is 30.9 Å². The monoisotopic (exact) mass is 457 g/mol. The largest absolute Gasteiger partial charge is 0.332 e. The number of aryl methyl sites for hydroxylation is 1. The molecule has 3 aromatic rings. The first-order valence-electron chi connectivity index (χ1n) is 10.0. The van der Waals surface area contributed by atoms with Crippen LogP contribution >= 0.6 is 0 Å². The van der Waals surface area contributed by atoms with Crippen molar-refractivity contribution in [3.05, 3.63) is 69.0 Å². The Morgan fingerprint density at radius 3 is 2.38 bits per heavy atom. The molecule has 1 N–H and O–H groups in total. The van der Waals surface area contributed by atoms with E-state index in [0.29, 0.717) is 5.69 Å². The summed E-state index contributed by atoms with van der Waals surface area (Å²) in [5, 5.41) is 3.00. The number of anilines is 1. The number of pyridine rings is 1. The van der Waals surface area contributed by atoms with Crippen molar-refractivity contribution in [1.82, 2.24) is 19.0 Å². The molecule has 1 unspecified atom stereocenters. The standard InChI is InChI=1S/C21H23N5O5S/c1-24-18-16(20(28)25(2)21(24)29)12-15(13-22-18)23-19(27)17(14-6-4-3-5-7-14)26-8-10-32(30,31)11-9-26/h3-7,12-13,17H,8-11H2,1-2H3,(H,23,27). The molecule has 1 saturated heterocycles. The van der Waals surface area contributed by atoms with Crippen LogP contribution in [-0.2, 0) is 28.7 Å². The molecule has 4 rings (SSSR count). The highest BCUT2D eigenvalue weighted by molar-refractivity contribution is 7.91. The zero-order valence-corrected chi connectivity index (χ0v) is 18.5. The molecule has 0 radical (unpaired) electrons. The number of nitrogens with one attached hydrogen (secondary N) is 1. The second-order valence-corrected chi connectivity index (χ2v) is 10.1. The minimum Gasteiger partial charge on any atom is -0.323 e. The molecular formula is C21H23N5O5S. The fraction of sp³-hybridized carbons (Fsp3) is 0.333. The Morgan fingerprint density at radius 2 is 1.72 bits per heavy atom. The van der Waals surface area contributed by atoms with Crippen molar-refractivity contribution in [1.29, 1.82) is 0 Å². The third-order valence-corrected chi connectivity index (χ3v) is 7.28. The van der Waals surface area contributed by atoms with E-state index in [1.54, 1.807) is 0 Å². The normalized spacial score (nSPS) is 17.2. The molecule has 11 heteroatoms. The van der Waals surface area contributed by atoms with Crippen molar-refractivity contribution in [2.24, 2.45) is 14.1 Å². The van der Waals surface area contributed by atoms with Gasteiger partial charge in [-0.1, -0.05) is 30.3 Å². The van der Waals surface area contributed by atoms with Crippen molar-refractivity contribution < 1.29 is 13.2 Å². The molecule has 168 valence electrons. The first kappa shape index (κ1) is 21.9. The van der Waals surface area contributed by atoms with Gasteiger partial charge in [0.15, 0.2) is 9.84 Å². The zero-order chi connectivity index (χ0) is 23.0. The van der Waals surface area contributed by atoms with Crippen molar-refractivity contribution in [2.45, 2.75) is 6.04 Å². The van der Waals surface area contributed by atoms with E-state index >= 15 is 0 Å². The Hall–Kier alpha value is -3.31. The van der Waals surface area contributed by atoms with Gasteiger partial charge in [-0.15, -0.1) is 0 Å². The van der Waals surface area contributed by atoms with E-state index in [2.05, 4.69) is 10.3 Å². The molecule has 32 heavy (non-hydrogen) atoms. The number of rotatable bonds is 4. The van der Waals surface area contributed by atoms with E-state index in [1.807, 2.05) is 35.2 Å². The van der Waals surface area contributed by atoms with Gasteiger partial charge in [-0.3, -0.25) is 23.6 Å². The summed E-state index contributed by atoms with van der Waals surface area (Å²) in [6.07, 6.45) is 1.39. The summed E-state index contributed by atoms with van der Waals surface area (Å²) in [6.45, 7) is 0.488. The molecule has 1 amide bonds. The maximum absolute atomic E-state index is 13.3. The van der Waals surface area contributed by atoms with Crippen molar-refractivity contribution in [3.63, 3.8) is 0 Å². The Kier molecular flexibility index (Phi) is 5.70. The number of carbonyl (C=O) groups is 1. The first-order valence-corrected chi connectivity index (χ1v) is 11.9. The van der Waals surface area contributed by atoms with Gasteiger partial charge in [-0.05, 0) is 11.6 Å². The number of aromatic nitrogens is 3. The van der Waals surface area contributed by atoms with Gasteiger partial charge < -0.3 is 5.32 Å². The number of benzene rings is 1. The van der Waals surface area contributed by atoms with Crippen LogP contribution in [-0.4, -0.2) is 57.9 Å². The lowest BCUT2D eigenvalue weighted by atomic mass is 10.0. The quantitative estimate of drug-likeness (QED) is 0.587. The van der Waals surface area contributed by atoms with Gasteiger partial charge in [0.05, 0.1) is 28.8 Å². The van der Waals surface area contributed by atoms with Gasteiger partial charge in [0.25, 0.3) is 5.56 Å². The van der Waals surface area contributed by atoms with Crippen LogP contribution in [0.2, 0.25) is 0 Å². The van der Waals surface area contributed by atoms with Crippen LogP contribution in [0.4, 0.5) is 5.69 Å². The SMILES string of the molecule is Cn1c(=O)c2cc(NC(=O)C(c3ccccc3)N3CCS(=O)(=O)CC3)cnc2n(C)c1=O. The lowest BCUT2D eigenvalue weighted by molar-refractivity contribution is -0.121. The van der Waals surface area contributed by atoms with Crippen LogP contribution in [0.25, 0.3) is 11.0 Å². The average Bonchev–Trinajstić information content (AvgIpc) is 2.78. The van der Waals surface area contributed by atoms with E-state index in [9.17, 15) is 22.8 Å². The Morgan fingerprint density at radius 1 is 1.06 bits per heavy atom. The Labute approximate surface area is 184 Å². The van der Waals surface area contributed by atoms with E-state index in [-0.39, 0.29) is 41.5 Å². The molecule has 0 bridgehead atoms. The minimum atomic E-state index is -3.11. The van der Waals surface area contributed by atoms with Crippen LogP contribution in [0.3, 0.4) is 0 Å². The number of amides is 1. The summed E-state index contributed by atoms with van der Waals surface area (Å²) in [5.41, 5.74) is 0.264. The Balaban J connectivity index is 1.69. The average molecular weight is 458 g/mol. The molecule has 2 aromatic heterocycles. The molecular weight excluding hydrogens is 434 g/mol. The third-order valence-electron chi connectivity index (χ3n) is 5.67. The van der Waals surface area contributed by atoms with Gasteiger partial charge in [-0.25, -0.2) is 18.2 Å². The fourth-order valence-electron chi connectivity index (χ4n) is 3.89. The van der Waals surface area contributed by atoms with Crippen LogP contribution < -0.4 is 16.6 Å². The number of fused-ring (bicyclic) bond motifs is 1. The van der Waals surface area contributed by atoms with E-state index in [4.69, 9.17) is 0 Å². The van der Waals surface area contributed by atoms with Crippen LogP contribution in [0.1, 0.15) is 11.6 Å². The highest BCUT2D eigenvalue weighted by Gasteiger charge is 2.32. The first-order chi connectivity index (χ1) is 15.2. The van der Waals surface area contributed by atoms with Crippen molar-refractivity contribution in [3.8, 4) is 0 Å². The molecule has 0 spiro atoms. The Bertz CT molecular complexity index is 1400. The zero-order valence-electron chi connectivity index (χ0n) is 17.7. The molecule has 1 fully saturated rings. The minimum absolute atomic E-state index is 0.00872. The molecule has 3 heterocycles. The summed E-state index contributed by atoms with van der Waals surface area (Å²) in [4.78, 5) is 44.0. The fourth-order valence-corrected chi connectivity index (χ4v) is 5.12. The van der Waals surface area contributed by atoms with E-state index < -0.39 is 27.1 Å². The number of sulfone groups is 1. The number of carbonyl (C=O) groups excluding carboxylic acids is 1. The van der Waals surface area contributed by atoms with Gasteiger partial charge in [0, 0.05) is 27.2 Å². The lowest BCUT2D eigenvalue weighted by Gasteiger charge is -2.33. The second kappa shape index (κ2) is 8.32. The summed E-state index contributed by atoms with van der Waals surface area (Å²) in [7, 11) is -0.206. The highest BCUT2D eigenvalue weighted by Crippen LogP contribution is 2.25. The summed E-state index contributed by atoms with van der Waals surface area (Å²) in [6, 6.07) is 9.90. The summed E-state index contributed by atoms with van der Waals surface area (Å²) in [5.74, 6) is -0.380. The van der Waals surface area contributed by atoms with E-state index in [0.717, 1.165) is 10.1 Å². The molecule has 10 nitrogen and oxygen atoms in total. The molecule has 1 aliphatic rings. The van der Waals surface area contributed by atoms with Gasteiger partial charge >= 0.3 is 5.69 Å². The second-order valence-electron chi connectivity index (χ2n) is 7.79. The maximum atomic E-state index is 13.3. The molecule has 0 saturated carbocycles. The molecule has 1 aliphatic heterocycles. The number of hydrogen-bond acceptors (Lipinski definition) is 7. The van der Waals surface area contributed by atoms with Crippen LogP contribution in [0, 0.1) is 0 Å². The lowest BCUT2D eigenvalue weighted by Crippen LogP contribution is -2.46. The number of hydrogen-bond donors (Lipinski definition) is 1. The molecule has 0 aliphatic carbocycles. The topological polar surface area (TPSA) is 123 Å². The molecule has 1 atom stereocenters. The highest BCUT2D eigenvalue weighted by atomic mass is 32.2. The predicted molar refractivity (Wildman–Crippen MR) is 120 cm³/mol. The van der Waals surface area contributed by atoms with Crippen molar-refractivity contribution >= 4 is 32.5 Å². The number of nitrogens with zero attached hydrogens (tertiary/aromatic N) is 4. The van der Waals surface area contributed by atoms with Crippen molar-refractivity contribution in [2.75, 3.05) is 29.9 Å². The maximum Gasteiger partial charge on any atom is 0.332 e. The predicted octanol–water partition coefficient (Wildman–Crippen LogP) is 0.0424. The smallest absolute Gasteiger partial charge is 0.323 e. The van der Waals surface area contributed by atoms with Crippen LogP contribution in [0.5, 0.6) is 0 Å². The van der Waals surface area contributed by atoms with Gasteiger partial charge in [0.1, 0.15) is 11.7 Å².